The van der Waals surface area contributed by atoms with Gasteiger partial charge in [0.25, 0.3) is 5.56 Å². The maximum absolute atomic E-state index is 11.9. The van der Waals surface area contributed by atoms with Gasteiger partial charge in [-0.1, -0.05) is 13.8 Å². The van der Waals surface area contributed by atoms with E-state index >= 15 is 0 Å². The molecule has 0 saturated carbocycles. The Bertz CT molecular complexity index is 747. The summed E-state index contributed by atoms with van der Waals surface area (Å²) < 4.78 is 2.38. The summed E-state index contributed by atoms with van der Waals surface area (Å²) >= 11 is 4.95. The van der Waals surface area contributed by atoms with Gasteiger partial charge in [-0.25, -0.2) is 4.79 Å². The van der Waals surface area contributed by atoms with E-state index in [-0.39, 0.29) is 17.4 Å². The van der Waals surface area contributed by atoms with E-state index in [4.69, 9.17) is 5.73 Å². The number of nitrogens with two attached hydrogens (primary N) is 1. The van der Waals surface area contributed by atoms with Gasteiger partial charge in [-0.2, -0.15) is 0 Å². The van der Waals surface area contributed by atoms with Crippen molar-refractivity contribution in [1.29, 1.82) is 0 Å². The van der Waals surface area contributed by atoms with Gasteiger partial charge in [-0.05, 0) is 27.9 Å². The minimum Gasteiger partial charge on any atom is -0.383 e. The van der Waals surface area contributed by atoms with Crippen molar-refractivity contribution in [2.75, 3.05) is 11.1 Å². The largest absolute Gasteiger partial charge is 0.383 e. The van der Waals surface area contributed by atoms with Gasteiger partial charge in [0.1, 0.15) is 11.5 Å². The smallest absolute Gasteiger partial charge is 0.330 e. The van der Waals surface area contributed by atoms with Crippen molar-refractivity contribution in [3.63, 3.8) is 0 Å². The number of nitrogens with one attached hydrogen (secondary N) is 2. The number of halogens is 1. The first-order valence-corrected chi connectivity index (χ1v) is 8.15. The molecule has 0 aliphatic heterocycles. The molecule has 0 amide bonds. The van der Waals surface area contributed by atoms with Crippen LogP contribution in [-0.2, 0) is 13.1 Å². The molecule has 21 heavy (non-hydrogen) atoms. The highest BCUT2D eigenvalue weighted by Gasteiger charge is 2.13. The number of rotatable bonds is 5. The van der Waals surface area contributed by atoms with Crippen LogP contribution in [0, 0.1) is 5.92 Å². The summed E-state index contributed by atoms with van der Waals surface area (Å²) in [6.07, 6.45) is 0. The van der Waals surface area contributed by atoms with Gasteiger partial charge in [0.05, 0.1) is 0 Å². The number of aromatic amines is 1. The molecule has 0 saturated heterocycles. The second kappa shape index (κ2) is 6.48. The fourth-order valence-corrected chi connectivity index (χ4v) is 3.32. The second-order valence-corrected chi connectivity index (χ2v) is 7.02. The summed E-state index contributed by atoms with van der Waals surface area (Å²) in [5.41, 5.74) is 5.24. The zero-order valence-corrected chi connectivity index (χ0v) is 14.2. The van der Waals surface area contributed by atoms with Gasteiger partial charge in [0.2, 0.25) is 0 Å². The number of aromatic nitrogens is 2. The van der Waals surface area contributed by atoms with E-state index in [0.717, 1.165) is 9.35 Å². The Labute approximate surface area is 134 Å². The van der Waals surface area contributed by atoms with Gasteiger partial charge in [-0.15, -0.1) is 11.3 Å². The number of nitrogen functional groups attached to an aromatic ring is 1. The molecule has 114 valence electrons. The highest BCUT2D eigenvalue weighted by Crippen LogP contribution is 2.21. The molecule has 4 N–H and O–H groups in total. The van der Waals surface area contributed by atoms with Crippen LogP contribution in [0.1, 0.15) is 18.7 Å². The molecule has 0 bridgehead atoms. The summed E-state index contributed by atoms with van der Waals surface area (Å²) in [6, 6.07) is 1.96. The summed E-state index contributed by atoms with van der Waals surface area (Å²) in [4.78, 5) is 27.1. The molecule has 0 spiro atoms. The minimum absolute atomic E-state index is 0.174. The van der Waals surface area contributed by atoms with Crippen molar-refractivity contribution in [2.45, 2.75) is 26.9 Å². The molecule has 0 unspecified atom stereocenters. The van der Waals surface area contributed by atoms with Crippen LogP contribution in [0.5, 0.6) is 0 Å². The van der Waals surface area contributed by atoms with E-state index in [1.54, 1.807) is 11.3 Å². The third-order valence-electron chi connectivity index (χ3n) is 2.85. The number of nitrogens with zero attached hydrogens (tertiary/aromatic N) is 1. The van der Waals surface area contributed by atoms with E-state index in [1.165, 1.54) is 4.57 Å². The second-order valence-electron chi connectivity index (χ2n) is 5.11. The number of hydrogen-bond donors (Lipinski definition) is 3. The molecule has 0 fully saturated rings. The third-order valence-corrected chi connectivity index (χ3v) is 4.55. The van der Waals surface area contributed by atoms with Crippen molar-refractivity contribution >= 4 is 38.8 Å². The molecule has 2 heterocycles. The molecule has 0 aliphatic carbocycles. The highest BCUT2D eigenvalue weighted by atomic mass is 79.9. The van der Waals surface area contributed by atoms with Crippen LogP contribution in [0.3, 0.4) is 0 Å². The van der Waals surface area contributed by atoms with Crippen LogP contribution in [-0.4, -0.2) is 9.55 Å². The first kappa shape index (κ1) is 15.8. The van der Waals surface area contributed by atoms with Crippen LogP contribution in [0.4, 0.5) is 11.5 Å². The lowest BCUT2D eigenvalue weighted by atomic mass is 10.2. The van der Waals surface area contributed by atoms with E-state index in [1.807, 2.05) is 25.3 Å². The average molecular weight is 373 g/mol. The van der Waals surface area contributed by atoms with Crippen LogP contribution < -0.4 is 22.3 Å². The molecule has 0 aromatic carbocycles. The molecule has 6 nitrogen and oxygen atoms in total. The summed E-state index contributed by atoms with van der Waals surface area (Å²) in [6.45, 7) is 4.89. The molecular formula is C13H17BrN4O2S. The Balaban J connectivity index is 2.30. The zero-order chi connectivity index (χ0) is 15.6. The van der Waals surface area contributed by atoms with Crippen LogP contribution in [0.15, 0.2) is 25.5 Å². The fraction of sp³-hybridized carbons (Fsp3) is 0.385. The third kappa shape index (κ3) is 3.76. The zero-order valence-electron chi connectivity index (χ0n) is 11.8. The predicted octanol–water partition coefficient (Wildman–Crippen LogP) is 2.21. The lowest BCUT2D eigenvalue weighted by Crippen LogP contribution is -2.35. The number of thiophene rings is 1. The molecule has 0 atom stereocenters. The highest BCUT2D eigenvalue weighted by molar-refractivity contribution is 9.10. The Morgan fingerprint density at radius 1 is 1.48 bits per heavy atom. The normalized spacial score (nSPS) is 11.0. The maximum atomic E-state index is 11.9. The minimum atomic E-state index is -0.492. The average Bonchev–Trinajstić information content (AvgIpc) is 2.80. The topological polar surface area (TPSA) is 92.9 Å². The van der Waals surface area contributed by atoms with Crippen molar-refractivity contribution < 1.29 is 0 Å². The lowest BCUT2D eigenvalue weighted by Gasteiger charge is -2.15. The van der Waals surface area contributed by atoms with E-state index < -0.39 is 11.2 Å². The molecule has 8 heteroatoms. The van der Waals surface area contributed by atoms with Gasteiger partial charge in [0.15, 0.2) is 0 Å². The Morgan fingerprint density at radius 3 is 2.76 bits per heavy atom. The fourth-order valence-electron chi connectivity index (χ4n) is 1.93. The Hall–Kier alpha value is -1.54. The van der Waals surface area contributed by atoms with Crippen molar-refractivity contribution in [3.8, 4) is 0 Å². The molecule has 2 rings (SSSR count). The van der Waals surface area contributed by atoms with Crippen molar-refractivity contribution in [2.24, 2.45) is 5.92 Å². The molecule has 0 radical (unpaired) electrons. The van der Waals surface area contributed by atoms with Crippen LogP contribution in [0.25, 0.3) is 0 Å². The summed E-state index contributed by atoms with van der Waals surface area (Å²) in [5, 5.41) is 4.98. The molecular weight excluding hydrogens is 356 g/mol. The Morgan fingerprint density at radius 2 is 2.19 bits per heavy atom. The first-order chi connectivity index (χ1) is 9.88. The molecule has 2 aromatic heterocycles. The first-order valence-electron chi connectivity index (χ1n) is 6.48. The number of anilines is 2. The molecule has 0 aliphatic rings. The Kier molecular flexibility index (Phi) is 4.89. The van der Waals surface area contributed by atoms with Crippen molar-refractivity contribution in [1.82, 2.24) is 9.55 Å². The summed E-state index contributed by atoms with van der Waals surface area (Å²) in [5.74, 6) is 0.421. The predicted molar refractivity (Wildman–Crippen MR) is 89.9 cm³/mol. The quantitative estimate of drug-likeness (QED) is 0.749. The van der Waals surface area contributed by atoms with Crippen molar-refractivity contribution in [3.05, 3.63) is 41.6 Å². The number of H-pyrrole nitrogens is 1. The monoisotopic (exact) mass is 372 g/mol. The maximum Gasteiger partial charge on any atom is 0.330 e. The van der Waals surface area contributed by atoms with E-state index in [2.05, 4.69) is 26.2 Å². The van der Waals surface area contributed by atoms with Gasteiger partial charge < -0.3 is 11.1 Å². The number of hydrogen-bond acceptors (Lipinski definition) is 5. The van der Waals surface area contributed by atoms with E-state index in [9.17, 15) is 9.59 Å². The summed E-state index contributed by atoms with van der Waals surface area (Å²) in [7, 11) is 0. The van der Waals surface area contributed by atoms with Gasteiger partial charge >= 0.3 is 5.69 Å². The van der Waals surface area contributed by atoms with E-state index in [0.29, 0.717) is 13.1 Å². The lowest BCUT2D eigenvalue weighted by molar-refractivity contribution is 0.508. The van der Waals surface area contributed by atoms with Gasteiger partial charge in [-0.3, -0.25) is 14.3 Å². The standard InChI is InChI=1S/C13H17BrN4O2S/c1-7(2)5-18-11(15)10(12(19)17-13(18)20)16-4-9-3-8(14)6-21-9/h3,6-7,16H,4-5,15H2,1-2H3,(H,17,19,20). The SMILES string of the molecule is CC(C)Cn1c(N)c(NCc2cc(Br)cs2)c(=O)[nH]c1=O. The molecule has 2 aromatic rings. The van der Waals surface area contributed by atoms with Crippen LogP contribution >= 0.6 is 27.3 Å². The van der Waals surface area contributed by atoms with Gasteiger partial charge in [0, 0.05) is 27.8 Å². The van der Waals surface area contributed by atoms with Crippen LogP contribution in [0.2, 0.25) is 0 Å².